The lowest BCUT2D eigenvalue weighted by Crippen LogP contribution is -2.64. The number of nitrogen functional groups attached to an aromatic ring is 1. The van der Waals surface area contributed by atoms with Crippen LogP contribution in [-0.2, 0) is 20.9 Å². The summed E-state index contributed by atoms with van der Waals surface area (Å²) >= 11 is 0. The highest BCUT2D eigenvalue weighted by Gasteiger charge is 2.64. The van der Waals surface area contributed by atoms with Gasteiger partial charge in [-0.3, -0.25) is 14.4 Å². The van der Waals surface area contributed by atoms with Gasteiger partial charge in [0.05, 0.1) is 0 Å². The van der Waals surface area contributed by atoms with Gasteiger partial charge in [-0.05, 0) is 60.6 Å². The average Bonchev–Trinajstić information content (AvgIpc) is 3.00. The van der Waals surface area contributed by atoms with Crippen molar-refractivity contribution in [1.29, 1.82) is 0 Å². The van der Waals surface area contributed by atoms with E-state index in [1.165, 1.54) is 0 Å². The summed E-state index contributed by atoms with van der Waals surface area (Å²) < 4.78 is 0. The number of rotatable bonds is 2. The molecular formula is C25H32N2O3. The molecule has 160 valence electrons. The van der Waals surface area contributed by atoms with Crippen molar-refractivity contribution in [2.45, 2.75) is 71.4 Å². The number of nitrogens with two attached hydrogens (primary N) is 1. The third kappa shape index (κ3) is 2.70. The molecular weight excluding hydrogens is 376 g/mol. The number of ketones is 2. The van der Waals surface area contributed by atoms with Gasteiger partial charge in [0.1, 0.15) is 11.6 Å². The summed E-state index contributed by atoms with van der Waals surface area (Å²) in [5, 5.41) is 0. The summed E-state index contributed by atoms with van der Waals surface area (Å²) in [6, 6.07) is 7.82. The van der Waals surface area contributed by atoms with Gasteiger partial charge in [-0.25, -0.2) is 0 Å². The van der Waals surface area contributed by atoms with Crippen LogP contribution in [0.5, 0.6) is 0 Å². The molecule has 5 rings (SSSR count). The van der Waals surface area contributed by atoms with E-state index in [0.717, 1.165) is 36.9 Å². The van der Waals surface area contributed by atoms with Gasteiger partial charge < -0.3 is 10.6 Å². The van der Waals surface area contributed by atoms with Gasteiger partial charge in [-0.1, -0.05) is 26.0 Å². The number of likely N-dealkylation sites (tertiary alicyclic amines) is 1. The number of hydrogen-bond acceptors (Lipinski definition) is 4. The van der Waals surface area contributed by atoms with E-state index in [4.69, 9.17) is 5.73 Å². The second-order valence-electron chi connectivity index (χ2n) is 10.6. The van der Waals surface area contributed by atoms with Crippen LogP contribution in [0, 0.1) is 28.6 Å². The second kappa shape index (κ2) is 6.66. The van der Waals surface area contributed by atoms with Crippen molar-refractivity contribution >= 4 is 23.2 Å². The minimum Gasteiger partial charge on any atom is -0.399 e. The first kappa shape index (κ1) is 19.8. The van der Waals surface area contributed by atoms with Gasteiger partial charge in [0.25, 0.3) is 0 Å². The van der Waals surface area contributed by atoms with Crippen LogP contribution >= 0.6 is 0 Å². The lowest BCUT2D eigenvalue weighted by molar-refractivity contribution is -0.171. The molecule has 4 fully saturated rings. The molecule has 1 heterocycles. The number of carbonyl (C=O) groups excluding carboxylic acids is 3. The van der Waals surface area contributed by atoms with Gasteiger partial charge in [0.15, 0.2) is 0 Å². The van der Waals surface area contributed by atoms with E-state index >= 15 is 0 Å². The summed E-state index contributed by atoms with van der Waals surface area (Å²) in [4.78, 5) is 41.1. The van der Waals surface area contributed by atoms with E-state index in [-0.39, 0.29) is 40.8 Å². The van der Waals surface area contributed by atoms with Crippen molar-refractivity contribution in [3.63, 3.8) is 0 Å². The van der Waals surface area contributed by atoms with Crippen molar-refractivity contribution in [3.8, 4) is 0 Å². The number of nitrogens with zero attached hydrogens (tertiary/aromatic N) is 1. The van der Waals surface area contributed by atoms with Crippen LogP contribution in [0.4, 0.5) is 5.69 Å². The van der Waals surface area contributed by atoms with E-state index in [0.29, 0.717) is 31.7 Å². The third-order valence-corrected chi connectivity index (χ3v) is 9.12. The molecule has 5 heteroatoms. The zero-order chi connectivity index (χ0) is 21.3. The maximum absolute atomic E-state index is 13.5. The number of benzene rings is 1. The highest BCUT2D eigenvalue weighted by molar-refractivity contribution is 5.95. The quantitative estimate of drug-likeness (QED) is 0.756. The normalized spacial score (nSPS) is 40.7. The highest BCUT2D eigenvalue weighted by Crippen LogP contribution is 2.62. The molecule has 5 nitrogen and oxygen atoms in total. The van der Waals surface area contributed by atoms with Gasteiger partial charge in [0.2, 0.25) is 5.91 Å². The number of carbonyl (C=O) groups is 3. The van der Waals surface area contributed by atoms with Gasteiger partial charge in [-0.15, -0.1) is 0 Å². The minimum absolute atomic E-state index is 0.0257. The Labute approximate surface area is 178 Å². The number of anilines is 1. The lowest BCUT2D eigenvalue weighted by Gasteiger charge is -2.60. The Morgan fingerprint density at radius 3 is 2.50 bits per heavy atom. The zero-order valence-electron chi connectivity index (χ0n) is 18.0. The monoisotopic (exact) mass is 408 g/mol. The van der Waals surface area contributed by atoms with Crippen molar-refractivity contribution in [3.05, 3.63) is 29.8 Å². The fraction of sp³-hybridized carbons (Fsp3) is 0.640. The first-order valence-corrected chi connectivity index (χ1v) is 11.4. The standard InChI is InChI=1S/C25H32N2O3/c1-24-12-11-22(30)27(14-15-3-5-16(26)6-4-15)20(24)9-7-17-18-8-10-21(29)25(18,2)13-19(28)23(17)24/h3-6,17-18,20,23H,7-14,26H2,1-2H3/t17-,18-,20?,23+,24-,25-/m0/s1. The van der Waals surface area contributed by atoms with Crippen LogP contribution < -0.4 is 5.73 Å². The Bertz CT molecular complexity index is 909. The number of piperidine rings is 1. The predicted octanol–water partition coefficient (Wildman–Crippen LogP) is 3.75. The third-order valence-electron chi connectivity index (χ3n) is 9.12. The second-order valence-corrected chi connectivity index (χ2v) is 10.6. The van der Waals surface area contributed by atoms with Crippen molar-refractivity contribution in [2.24, 2.45) is 28.6 Å². The lowest BCUT2D eigenvalue weighted by atomic mass is 9.47. The molecule has 1 unspecified atom stereocenters. The average molecular weight is 409 g/mol. The van der Waals surface area contributed by atoms with Crippen LogP contribution in [0.3, 0.4) is 0 Å². The topological polar surface area (TPSA) is 80.5 Å². The fourth-order valence-electron chi connectivity index (χ4n) is 7.61. The number of amides is 1. The van der Waals surface area contributed by atoms with E-state index in [1.54, 1.807) is 0 Å². The molecule has 1 saturated heterocycles. The summed E-state index contributed by atoms with van der Waals surface area (Å²) in [6.45, 7) is 4.85. The molecule has 3 saturated carbocycles. The molecule has 1 aromatic carbocycles. The van der Waals surface area contributed by atoms with E-state index in [2.05, 4.69) is 6.92 Å². The molecule has 1 aliphatic heterocycles. The maximum atomic E-state index is 13.5. The Kier molecular flexibility index (Phi) is 4.39. The SMILES string of the molecule is C[C@]12CCC(=O)N(Cc3ccc(N)cc3)C1CC[C@@H]1[C@@H]2C(=O)C[C@]2(C)C(=O)CC[C@@H]12. The predicted molar refractivity (Wildman–Crippen MR) is 114 cm³/mol. The molecule has 1 aromatic rings. The molecule has 0 spiro atoms. The van der Waals surface area contributed by atoms with Gasteiger partial charge >= 0.3 is 0 Å². The number of hydrogen-bond donors (Lipinski definition) is 1. The summed E-state index contributed by atoms with van der Waals surface area (Å²) in [5.41, 5.74) is 6.97. The molecule has 0 aromatic heterocycles. The first-order chi connectivity index (χ1) is 14.2. The molecule has 2 N–H and O–H groups in total. The van der Waals surface area contributed by atoms with E-state index in [9.17, 15) is 14.4 Å². The van der Waals surface area contributed by atoms with Crippen LogP contribution in [-0.4, -0.2) is 28.4 Å². The highest BCUT2D eigenvalue weighted by atomic mass is 16.2. The summed E-state index contributed by atoms with van der Waals surface area (Å²) in [5.74, 6) is 1.33. The van der Waals surface area contributed by atoms with Crippen LogP contribution in [0.2, 0.25) is 0 Å². The Morgan fingerprint density at radius 2 is 1.77 bits per heavy atom. The van der Waals surface area contributed by atoms with Gasteiger partial charge in [0, 0.05) is 48.9 Å². The molecule has 30 heavy (non-hydrogen) atoms. The van der Waals surface area contributed by atoms with Gasteiger partial charge in [-0.2, -0.15) is 0 Å². The summed E-state index contributed by atoms with van der Waals surface area (Å²) in [7, 11) is 0. The molecule has 3 aliphatic carbocycles. The minimum atomic E-state index is -0.449. The molecule has 6 atom stereocenters. The van der Waals surface area contributed by atoms with E-state index < -0.39 is 5.41 Å². The fourth-order valence-corrected chi connectivity index (χ4v) is 7.61. The largest absolute Gasteiger partial charge is 0.399 e. The van der Waals surface area contributed by atoms with Crippen molar-refractivity contribution in [2.75, 3.05) is 5.73 Å². The Balaban J connectivity index is 1.47. The zero-order valence-corrected chi connectivity index (χ0v) is 18.0. The van der Waals surface area contributed by atoms with Crippen LogP contribution in [0.15, 0.2) is 24.3 Å². The molecule has 0 bridgehead atoms. The van der Waals surface area contributed by atoms with Crippen molar-refractivity contribution in [1.82, 2.24) is 4.90 Å². The maximum Gasteiger partial charge on any atom is 0.223 e. The molecule has 0 radical (unpaired) electrons. The van der Waals surface area contributed by atoms with Crippen molar-refractivity contribution < 1.29 is 14.4 Å². The Hall–Kier alpha value is -2.17. The number of fused-ring (bicyclic) bond motifs is 5. The van der Waals surface area contributed by atoms with Crippen LogP contribution in [0.25, 0.3) is 0 Å². The molecule has 1 amide bonds. The smallest absolute Gasteiger partial charge is 0.223 e. The number of Topliss-reactive ketones (excluding diaryl/α,β-unsaturated/α-hetero) is 2. The molecule has 4 aliphatic rings. The first-order valence-electron chi connectivity index (χ1n) is 11.4. The van der Waals surface area contributed by atoms with Crippen LogP contribution in [0.1, 0.15) is 64.4 Å². The van der Waals surface area contributed by atoms with E-state index in [1.807, 2.05) is 36.1 Å². The summed E-state index contributed by atoms with van der Waals surface area (Å²) in [6.07, 6.45) is 5.09. The Morgan fingerprint density at radius 1 is 1.03 bits per heavy atom.